The van der Waals surface area contributed by atoms with Gasteiger partial charge in [-0.2, -0.15) is 0 Å². The van der Waals surface area contributed by atoms with Gasteiger partial charge in [-0.25, -0.2) is 4.98 Å². The van der Waals surface area contributed by atoms with E-state index in [1.807, 2.05) is 25.1 Å². The van der Waals surface area contributed by atoms with Gasteiger partial charge in [-0.15, -0.1) is 0 Å². The van der Waals surface area contributed by atoms with Gasteiger partial charge in [-0.05, 0) is 18.6 Å². The second kappa shape index (κ2) is 4.12. The highest BCUT2D eigenvalue weighted by Crippen LogP contribution is 2.43. The van der Waals surface area contributed by atoms with Gasteiger partial charge in [0.15, 0.2) is 0 Å². The zero-order valence-electron chi connectivity index (χ0n) is 8.34. The van der Waals surface area contributed by atoms with Gasteiger partial charge in [0.25, 0.3) is 0 Å². The maximum Gasteiger partial charge on any atom is 0.363 e. The van der Waals surface area contributed by atoms with Crippen LogP contribution in [0.5, 0.6) is 0 Å². The van der Waals surface area contributed by atoms with Gasteiger partial charge in [0.05, 0.1) is 0 Å². The second-order valence-corrected chi connectivity index (χ2v) is 6.43. The van der Waals surface area contributed by atoms with Crippen molar-refractivity contribution in [2.24, 2.45) is 0 Å². The minimum absolute atomic E-state index is 0.0384. The molecular formula is C10H11N2OS2+. The molecule has 0 N–H and O–H groups in total. The quantitative estimate of drug-likeness (QED) is 0.468. The topological polar surface area (TPSA) is 34.9 Å². The molecule has 0 aliphatic rings. The van der Waals surface area contributed by atoms with Crippen LogP contribution in [0.15, 0.2) is 36.5 Å². The van der Waals surface area contributed by atoms with Crippen LogP contribution in [0.25, 0.3) is 5.03 Å². The molecule has 0 bridgehead atoms. The van der Waals surface area contributed by atoms with Crippen molar-refractivity contribution in [1.82, 2.24) is 8.33 Å². The van der Waals surface area contributed by atoms with Crippen molar-refractivity contribution in [2.45, 2.75) is 13.3 Å². The molecule has 0 amide bonds. The number of hydrogen-bond donors (Lipinski definition) is 0. The lowest BCUT2D eigenvalue weighted by Crippen LogP contribution is -2.03. The molecule has 78 valence electrons. The number of carbonyl (C=O) groups is 1. The molecule has 0 spiro atoms. The zero-order valence-corrected chi connectivity index (χ0v) is 9.98. The van der Waals surface area contributed by atoms with Crippen LogP contribution >= 0.6 is 20.2 Å². The lowest BCUT2D eigenvalue weighted by atomic mass is 10.2. The first kappa shape index (κ1) is 10.3. The maximum absolute atomic E-state index is 11.7. The Morgan fingerprint density at radius 3 is 3.07 bits per heavy atom. The molecular weight excluding hydrogens is 228 g/mol. The molecule has 0 aliphatic carbocycles. The molecule has 2 heterocycles. The van der Waals surface area contributed by atoms with Crippen molar-refractivity contribution in [3.63, 3.8) is 0 Å². The molecule has 2 rings (SSSR count). The van der Waals surface area contributed by atoms with Crippen molar-refractivity contribution < 1.29 is 4.79 Å². The van der Waals surface area contributed by atoms with Crippen LogP contribution in [0.2, 0.25) is 0 Å². The van der Waals surface area contributed by atoms with E-state index in [0.717, 1.165) is 5.03 Å². The average molecular weight is 239 g/mol. The Kier molecular flexibility index (Phi) is 2.83. The summed E-state index contributed by atoms with van der Waals surface area (Å²) in [5.41, 5.74) is 0.661. The molecule has 1 unspecified atom stereocenters. The Morgan fingerprint density at radius 2 is 2.47 bits per heavy atom. The molecule has 0 radical (unpaired) electrons. The Bertz CT molecular complexity index is 478. The summed E-state index contributed by atoms with van der Waals surface area (Å²) in [4.78, 5) is 15.9. The van der Waals surface area contributed by atoms with Crippen molar-refractivity contribution in [3.05, 3.63) is 36.5 Å². The summed E-state index contributed by atoms with van der Waals surface area (Å²) >= 11 is 0. The number of pyridine rings is 1. The first-order valence-electron chi connectivity index (χ1n) is 4.60. The highest BCUT2D eigenvalue weighted by molar-refractivity contribution is 7.90. The largest absolute Gasteiger partial charge is 0.363 e. The van der Waals surface area contributed by atoms with Crippen molar-refractivity contribution in [3.8, 4) is 5.03 Å². The Balaban J connectivity index is 2.18. The molecule has 0 saturated heterocycles. The summed E-state index contributed by atoms with van der Waals surface area (Å²) in [5, 5.41) is 0.958. The van der Waals surface area contributed by atoms with E-state index in [1.165, 1.54) is 10.5 Å². The Hall–Kier alpha value is -1.20. The summed E-state index contributed by atoms with van der Waals surface area (Å²) in [6.07, 6.45) is 2.45. The first-order chi connectivity index (χ1) is 7.24. The zero-order chi connectivity index (χ0) is 10.8. The summed E-state index contributed by atoms with van der Waals surface area (Å²) in [6, 6.07) is 5.75. The van der Waals surface area contributed by atoms with E-state index < -0.39 is 0 Å². The molecule has 5 heteroatoms. The third kappa shape index (κ3) is 2.08. The number of rotatable bonds is 3. The summed E-state index contributed by atoms with van der Waals surface area (Å²) in [6.45, 7) is 5.68. The van der Waals surface area contributed by atoms with E-state index in [-0.39, 0.29) is 15.6 Å². The van der Waals surface area contributed by atoms with E-state index >= 15 is 0 Å². The molecule has 15 heavy (non-hydrogen) atoms. The highest BCUT2D eigenvalue weighted by Gasteiger charge is 2.37. The van der Waals surface area contributed by atoms with Crippen LogP contribution in [-0.2, 0) is 0 Å². The van der Waals surface area contributed by atoms with Gasteiger partial charge in [-0.1, -0.05) is 19.6 Å². The van der Waals surface area contributed by atoms with Gasteiger partial charge >= 0.3 is 16.4 Å². The summed E-state index contributed by atoms with van der Waals surface area (Å²) < 4.78 is 1.74. The van der Waals surface area contributed by atoms with Crippen LogP contribution in [0.3, 0.4) is 0 Å². The minimum Gasteiger partial charge on any atom is -0.263 e. The van der Waals surface area contributed by atoms with Gasteiger partial charge in [0.1, 0.15) is 0 Å². The minimum atomic E-state index is -0.190. The fourth-order valence-electron chi connectivity index (χ4n) is 1.01. The van der Waals surface area contributed by atoms with Crippen LogP contribution < -0.4 is 0 Å². The molecule has 3 nitrogen and oxygen atoms in total. The Morgan fingerprint density at radius 1 is 1.67 bits per heavy atom. The number of nitrogens with zero attached hydrogens (tertiary/aromatic N) is 2. The number of aromatic nitrogens is 2. The molecule has 2 aromatic rings. The van der Waals surface area contributed by atoms with Gasteiger partial charge in [-0.3, -0.25) is 4.79 Å². The van der Waals surface area contributed by atoms with E-state index in [9.17, 15) is 4.79 Å². The normalized spacial score (nSPS) is 11.7. The third-order valence-corrected chi connectivity index (χ3v) is 5.30. The fourth-order valence-corrected chi connectivity index (χ4v) is 3.92. The number of hydrogen-bond acceptors (Lipinski definition) is 3. The van der Waals surface area contributed by atoms with Crippen LogP contribution in [0.1, 0.15) is 18.1 Å². The van der Waals surface area contributed by atoms with Crippen LogP contribution in [-0.4, -0.2) is 14.2 Å². The van der Waals surface area contributed by atoms with Crippen LogP contribution in [0.4, 0.5) is 0 Å². The monoisotopic (exact) mass is 239 g/mol. The van der Waals surface area contributed by atoms with Crippen molar-refractivity contribution in [2.75, 3.05) is 0 Å². The average Bonchev–Trinajstić information content (AvgIpc) is 3.08. The summed E-state index contributed by atoms with van der Waals surface area (Å²) in [7, 11) is 1.34. The lowest BCUT2D eigenvalue weighted by molar-refractivity contribution is 0.0976. The molecule has 1 atom stereocenters. The SMILES string of the molecule is C=C(CC)C(=O)n1s[s+]1-c1ccccn1. The first-order valence-corrected chi connectivity index (χ1v) is 7.07. The number of carbonyl (C=O) groups excluding carboxylic acids is 1. The smallest absolute Gasteiger partial charge is 0.263 e. The second-order valence-electron chi connectivity index (χ2n) is 3.01. The van der Waals surface area contributed by atoms with Gasteiger partial charge < -0.3 is 0 Å². The predicted octanol–water partition coefficient (Wildman–Crippen LogP) is 3.29. The fraction of sp³-hybridized carbons (Fsp3) is 0.200. The lowest BCUT2D eigenvalue weighted by Gasteiger charge is -1.89. The van der Waals surface area contributed by atoms with Crippen molar-refractivity contribution in [1.29, 1.82) is 0 Å². The molecule has 0 saturated carbocycles. The van der Waals surface area contributed by atoms with E-state index in [2.05, 4.69) is 11.6 Å². The molecule has 0 aliphatic heterocycles. The standard InChI is InChI=1S/C10H11N2OS2/c1-3-8(2)10(13)12-14-15(12)9-6-4-5-7-11-9/h4-7H,2-3H2,1H3/q+1. The van der Waals surface area contributed by atoms with Gasteiger partial charge in [0.2, 0.25) is 14.7 Å². The summed E-state index contributed by atoms with van der Waals surface area (Å²) in [5.74, 6) is 0.0384. The molecule has 0 aromatic carbocycles. The van der Waals surface area contributed by atoms with E-state index in [1.54, 1.807) is 9.54 Å². The number of allylic oxidation sites excluding steroid dienone is 1. The van der Waals surface area contributed by atoms with E-state index in [4.69, 9.17) is 0 Å². The molecule has 0 fully saturated rings. The Labute approximate surface area is 94.3 Å². The maximum atomic E-state index is 11.7. The van der Waals surface area contributed by atoms with Crippen LogP contribution in [0, 0.1) is 0 Å². The van der Waals surface area contributed by atoms with E-state index in [0.29, 0.717) is 12.0 Å². The van der Waals surface area contributed by atoms with Gasteiger partial charge in [0, 0.05) is 15.1 Å². The molecule has 2 aromatic heterocycles. The predicted molar refractivity (Wildman–Crippen MR) is 64.0 cm³/mol. The van der Waals surface area contributed by atoms with Crippen molar-refractivity contribution >= 4 is 26.1 Å². The highest BCUT2D eigenvalue weighted by atomic mass is 33.0. The third-order valence-electron chi connectivity index (χ3n) is 1.98.